The molecule has 27 heavy (non-hydrogen) atoms. The van der Waals surface area contributed by atoms with Crippen molar-refractivity contribution < 1.29 is 4.79 Å². The zero-order valence-electron chi connectivity index (χ0n) is 16.0. The molecule has 0 saturated heterocycles. The molecule has 1 aromatic heterocycles. The third-order valence-electron chi connectivity index (χ3n) is 4.56. The van der Waals surface area contributed by atoms with E-state index < -0.39 is 0 Å². The van der Waals surface area contributed by atoms with E-state index in [9.17, 15) is 9.59 Å². The van der Waals surface area contributed by atoms with Crippen molar-refractivity contribution in [3.05, 3.63) is 76.2 Å². The molecule has 140 valence electrons. The number of para-hydroxylation sites is 2. The highest BCUT2D eigenvalue weighted by Crippen LogP contribution is 2.16. The normalized spacial score (nSPS) is 12.3. The maximum Gasteiger partial charge on any atom is 0.269 e. The predicted molar refractivity (Wildman–Crippen MR) is 108 cm³/mol. The Morgan fingerprint density at radius 1 is 1.07 bits per heavy atom. The number of fused-ring (bicyclic) bond motifs is 1. The molecule has 1 N–H and O–H groups in total. The van der Waals surface area contributed by atoms with E-state index in [1.165, 1.54) is 16.3 Å². The Kier molecular flexibility index (Phi) is 5.69. The summed E-state index contributed by atoms with van der Waals surface area (Å²) in [6, 6.07) is 15.5. The SMILES string of the molecule is CC(C)Cc1ccc([C@H](C)NC(=O)Cn2c(=O)cnc3ccccc32)cc1. The van der Waals surface area contributed by atoms with E-state index in [4.69, 9.17) is 0 Å². The van der Waals surface area contributed by atoms with E-state index in [0.29, 0.717) is 17.0 Å². The van der Waals surface area contributed by atoms with Gasteiger partial charge in [-0.25, -0.2) is 4.98 Å². The highest BCUT2D eigenvalue weighted by Gasteiger charge is 2.13. The second-order valence-corrected chi connectivity index (χ2v) is 7.30. The van der Waals surface area contributed by atoms with Crippen LogP contribution in [0.5, 0.6) is 0 Å². The van der Waals surface area contributed by atoms with Crippen molar-refractivity contribution in [3.8, 4) is 0 Å². The summed E-state index contributed by atoms with van der Waals surface area (Å²) in [5, 5.41) is 2.98. The maximum atomic E-state index is 12.5. The molecule has 0 radical (unpaired) electrons. The first-order valence-electron chi connectivity index (χ1n) is 9.27. The van der Waals surface area contributed by atoms with Gasteiger partial charge in [-0.15, -0.1) is 0 Å². The molecule has 0 unspecified atom stereocenters. The number of hydrogen-bond acceptors (Lipinski definition) is 3. The molecule has 0 aliphatic heterocycles. The van der Waals surface area contributed by atoms with Gasteiger partial charge in [0.05, 0.1) is 23.3 Å². The number of carbonyl (C=O) groups is 1. The molecule has 1 atom stereocenters. The van der Waals surface area contributed by atoms with Crippen LogP contribution < -0.4 is 10.9 Å². The minimum Gasteiger partial charge on any atom is -0.348 e. The second-order valence-electron chi connectivity index (χ2n) is 7.30. The van der Waals surface area contributed by atoms with Gasteiger partial charge in [0, 0.05) is 0 Å². The molecular formula is C22H25N3O2. The minimum atomic E-state index is -0.283. The van der Waals surface area contributed by atoms with Crippen LogP contribution in [-0.4, -0.2) is 15.5 Å². The first-order valence-corrected chi connectivity index (χ1v) is 9.27. The lowest BCUT2D eigenvalue weighted by Crippen LogP contribution is -2.34. The number of benzene rings is 2. The molecule has 0 fully saturated rings. The van der Waals surface area contributed by atoms with E-state index >= 15 is 0 Å². The molecule has 0 spiro atoms. The van der Waals surface area contributed by atoms with Crippen LogP contribution in [0.15, 0.2) is 59.5 Å². The van der Waals surface area contributed by atoms with E-state index in [1.807, 2.05) is 25.1 Å². The van der Waals surface area contributed by atoms with Crippen LogP contribution in [0.25, 0.3) is 11.0 Å². The fourth-order valence-electron chi connectivity index (χ4n) is 3.21. The van der Waals surface area contributed by atoms with Crippen LogP contribution >= 0.6 is 0 Å². The molecule has 5 heteroatoms. The molecule has 2 aromatic carbocycles. The van der Waals surface area contributed by atoms with Crippen molar-refractivity contribution >= 4 is 16.9 Å². The lowest BCUT2D eigenvalue weighted by atomic mass is 10.00. The fraction of sp³-hybridized carbons (Fsp3) is 0.318. The van der Waals surface area contributed by atoms with E-state index in [2.05, 4.69) is 48.4 Å². The molecule has 1 heterocycles. The number of nitrogens with zero attached hydrogens (tertiary/aromatic N) is 2. The largest absolute Gasteiger partial charge is 0.348 e. The smallest absolute Gasteiger partial charge is 0.269 e. The van der Waals surface area contributed by atoms with Crippen LogP contribution in [0.1, 0.15) is 37.9 Å². The van der Waals surface area contributed by atoms with Gasteiger partial charge in [0.25, 0.3) is 5.56 Å². The zero-order valence-corrected chi connectivity index (χ0v) is 16.0. The Morgan fingerprint density at radius 2 is 1.78 bits per heavy atom. The van der Waals surface area contributed by atoms with Crippen LogP contribution in [0.3, 0.4) is 0 Å². The summed E-state index contributed by atoms with van der Waals surface area (Å²) >= 11 is 0. The Hall–Kier alpha value is -2.95. The average molecular weight is 363 g/mol. The molecule has 1 amide bonds. The van der Waals surface area contributed by atoms with Crippen LogP contribution in [-0.2, 0) is 17.8 Å². The van der Waals surface area contributed by atoms with Crippen molar-refractivity contribution in [3.63, 3.8) is 0 Å². The van der Waals surface area contributed by atoms with Gasteiger partial charge >= 0.3 is 0 Å². The maximum absolute atomic E-state index is 12.5. The fourth-order valence-corrected chi connectivity index (χ4v) is 3.21. The van der Waals surface area contributed by atoms with Crippen molar-refractivity contribution in [2.45, 2.75) is 39.8 Å². The molecule has 0 aliphatic rings. The van der Waals surface area contributed by atoms with Gasteiger partial charge in [0.15, 0.2) is 0 Å². The summed E-state index contributed by atoms with van der Waals surface area (Å²) in [5.41, 5.74) is 3.41. The molecular weight excluding hydrogens is 338 g/mol. The van der Waals surface area contributed by atoms with E-state index in [-0.39, 0.29) is 24.1 Å². The van der Waals surface area contributed by atoms with Gasteiger partial charge in [-0.05, 0) is 42.5 Å². The Bertz CT molecular complexity index is 990. The number of aromatic nitrogens is 2. The van der Waals surface area contributed by atoms with Gasteiger partial charge in [0.1, 0.15) is 6.54 Å². The zero-order chi connectivity index (χ0) is 19.4. The topological polar surface area (TPSA) is 64.0 Å². The summed E-state index contributed by atoms with van der Waals surface area (Å²) in [6.07, 6.45) is 2.30. The minimum absolute atomic E-state index is 0.0301. The lowest BCUT2D eigenvalue weighted by molar-refractivity contribution is -0.122. The third-order valence-corrected chi connectivity index (χ3v) is 4.56. The number of amides is 1. The van der Waals surface area contributed by atoms with Crippen molar-refractivity contribution in [2.75, 3.05) is 0 Å². The Labute approximate surface area is 159 Å². The molecule has 0 saturated carbocycles. The Balaban J connectivity index is 1.71. The molecule has 3 rings (SSSR count). The number of rotatable bonds is 6. The third kappa shape index (κ3) is 4.61. The standard InChI is InChI=1S/C22H25N3O2/c1-15(2)12-17-8-10-18(11-9-17)16(3)24-21(26)14-25-20-7-5-4-6-19(20)23-13-22(25)27/h4-11,13,15-16H,12,14H2,1-3H3,(H,24,26)/t16-/m0/s1. The van der Waals surface area contributed by atoms with Crippen molar-refractivity contribution in [2.24, 2.45) is 5.92 Å². The predicted octanol–water partition coefficient (Wildman–Crippen LogP) is 3.47. The average Bonchev–Trinajstić information content (AvgIpc) is 2.64. The van der Waals surface area contributed by atoms with Gasteiger partial charge in [0.2, 0.25) is 5.91 Å². The first-order chi connectivity index (χ1) is 12.9. The monoisotopic (exact) mass is 363 g/mol. The summed E-state index contributed by atoms with van der Waals surface area (Å²) in [6.45, 7) is 6.31. The summed E-state index contributed by atoms with van der Waals surface area (Å²) in [7, 11) is 0. The summed E-state index contributed by atoms with van der Waals surface area (Å²) < 4.78 is 1.45. The quantitative estimate of drug-likeness (QED) is 0.729. The molecule has 0 bridgehead atoms. The summed E-state index contributed by atoms with van der Waals surface area (Å²) in [4.78, 5) is 28.8. The van der Waals surface area contributed by atoms with Gasteiger partial charge in [-0.3, -0.25) is 14.2 Å². The van der Waals surface area contributed by atoms with Gasteiger partial charge in [-0.1, -0.05) is 50.2 Å². The van der Waals surface area contributed by atoms with E-state index in [1.54, 1.807) is 6.07 Å². The highest BCUT2D eigenvalue weighted by molar-refractivity contribution is 5.80. The lowest BCUT2D eigenvalue weighted by Gasteiger charge is -2.16. The number of hydrogen-bond donors (Lipinski definition) is 1. The molecule has 3 aromatic rings. The van der Waals surface area contributed by atoms with Crippen LogP contribution in [0.2, 0.25) is 0 Å². The van der Waals surface area contributed by atoms with Crippen LogP contribution in [0, 0.1) is 5.92 Å². The van der Waals surface area contributed by atoms with E-state index in [0.717, 1.165) is 12.0 Å². The first kappa shape index (κ1) is 18.8. The molecule has 5 nitrogen and oxygen atoms in total. The van der Waals surface area contributed by atoms with Crippen molar-refractivity contribution in [1.82, 2.24) is 14.9 Å². The summed E-state index contributed by atoms with van der Waals surface area (Å²) in [5.74, 6) is 0.411. The van der Waals surface area contributed by atoms with Crippen LogP contribution in [0.4, 0.5) is 0 Å². The van der Waals surface area contributed by atoms with Crippen molar-refractivity contribution in [1.29, 1.82) is 0 Å². The van der Waals surface area contributed by atoms with Gasteiger partial charge < -0.3 is 5.32 Å². The number of nitrogens with one attached hydrogen (secondary N) is 1. The van der Waals surface area contributed by atoms with Gasteiger partial charge in [-0.2, -0.15) is 0 Å². The molecule has 0 aliphatic carbocycles. The number of carbonyl (C=O) groups excluding carboxylic acids is 1. The highest BCUT2D eigenvalue weighted by atomic mass is 16.2. The second kappa shape index (κ2) is 8.16. The Morgan fingerprint density at radius 3 is 2.48 bits per heavy atom.